The lowest BCUT2D eigenvalue weighted by molar-refractivity contribution is -0.156. The quantitative estimate of drug-likeness (QED) is 0.0610. The molecule has 0 saturated heterocycles. The molecule has 0 saturated carbocycles. The molecule has 0 bridgehead atoms. The summed E-state index contributed by atoms with van der Waals surface area (Å²) in [6.45, 7) is 16.2. The second kappa shape index (κ2) is 21.7. The second-order valence-electron chi connectivity index (χ2n) is 10.9. The van der Waals surface area contributed by atoms with Gasteiger partial charge in [0.1, 0.15) is 24.9 Å². The molecular weight excluding hydrogens is 547 g/mol. The summed E-state index contributed by atoms with van der Waals surface area (Å²) in [4.78, 5) is 29.8. The zero-order valence-electron chi connectivity index (χ0n) is 25.1. The Kier molecular flexibility index (Phi) is 21.2. The molecule has 0 amide bonds. The van der Waals surface area contributed by atoms with Crippen molar-refractivity contribution in [2.24, 2.45) is 5.92 Å². The van der Waals surface area contributed by atoms with Gasteiger partial charge in [0.05, 0.1) is 64.1 Å². The molecule has 0 fully saturated rings. The number of esters is 1. The third-order valence-electron chi connectivity index (χ3n) is 5.29. The van der Waals surface area contributed by atoms with Gasteiger partial charge in [-0.25, -0.2) is 4.79 Å². The highest BCUT2D eigenvalue weighted by atomic mass is 31.2. The predicted octanol–water partition coefficient (Wildman–Crippen LogP) is 2.71. The van der Waals surface area contributed by atoms with Crippen molar-refractivity contribution in [3.05, 3.63) is 12.7 Å². The second-order valence-corrected chi connectivity index (χ2v) is 12.7. The maximum absolute atomic E-state index is 11.7. The number of rotatable bonds is 25. The van der Waals surface area contributed by atoms with Crippen LogP contribution in [0.15, 0.2) is 12.7 Å². The van der Waals surface area contributed by atoms with Crippen LogP contribution < -0.4 is 0 Å². The molecule has 3 N–H and O–H groups in total. The number of hydrogen-bond donors (Lipinski definition) is 3. The molecule has 238 valence electrons. The van der Waals surface area contributed by atoms with Crippen LogP contribution in [0.5, 0.6) is 0 Å². The summed E-state index contributed by atoms with van der Waals surface area (Å²) in [5, 5.41) is 9.89. The van der Waals surface area contributed by atoms with Crippen LogP contribution in [0.1, 0.15) is 54.4 Å². The topological polar surface area (TPSA) is 159 Å². The Labute approximate surface area is 239 Å². The number of aliphatic hydroxyl groups is 1. The number of aliphatic hydroxyl groups excluding tert-OH is 1. The van der Waals surface area contributed by atoms with Gasteiger partial charge in [-0.15, -0.1) is 0 Å². The van der Waals surface area contributed by atoms with Gasteiger partial charge in [-0.1, -0.05) is 27.4 Å². The monoisotopic (exact) mass is 600 g/mol. The van der Waals surface area contributed by atoms with E-state index >= 15 is 0 Å². The van der Waals surface area contributed by atoms with Crippen molar-refractivity contribution in [2.45, 2.75) is 84.4 Å². The number of carbonyl (C=O) groups is 1. The SMILES string of the molecule is C=CC(=O)OCC(COC(COCCC(C)C)COC(C)(C)C)OCC(COCCP(=O)(O)O)OCC(O)CC. The van der Waals surface area contributed by atoms with Crippen molar-refractivity contribution in [3.63, 3.8) is 0 Å². The van der Waals surface area contributed by atoms with E-state index in [2.05, 4.69) is 20.4 Å². The molecule has 0 rings (SSSR count). The highest BCUT2D eigenvalue weighted by molar-refractivity contribution is 7.51. The first-order valence-electron chi connectivity index (χ1n) is 13.8. The van der Waals surface area contributed by atoms with Crippen LogP contribution in [0.25, 0.3) is 0 Å². The Balaban J connectivity index is 5.23. The van der Waals surface area contributed by atoms with Crippen LogP contribution in [0.4, 0.5) is 0 Å². The van der Waals surface area contributed by atoms with Gasteiger partial charge >= 0.3 is 13.6 Å². The summed E-state index contributed by atoms with van der Waals surface area (Å²) in [6.07, 6.45) is -0.404. The van der Waals surface area contributed by atoms with Gasteiger partial charge in [-0.3, -0.25) is 4.57 Å². The van der Waals surface area contributed by atoms with Crippen molar-refractivity contribution in [1.29, 1.82) is 0 Å². The maximum Gasteiger partial charge on any atom is 0.330 e. The number of hydrogen-bond acceptors (Lipinski definition) is 10. The van der Waals surface area contributed by atoms with Crippen molar-refractivity contribution < 1.29 is 57.4 Å². The summed E-state index contributed by atoms with van der Waals surface area (Å²) in [6, 6.07) is 0. The molecule has 0 radical (unpaired) electrons. The number of ether oxygens (including phenoxy) is 7. The standard InChI is InChI=1S/C27H53O12P/c1-8-22(28)14-35-23(15-34-12-13-40(30,31)32)17-37-25(19-38-26(29)9-2)18-36-24(20-39-27(5,6)7)16-33-11-10-21(3)4/h9,21-25,28H,2,8,10-20H2,1,3-7H3,(H2,30,31,32). The Morgan fingerprint density at radius 1 is 0.875 bits per heavy atom. The van der Waals surface area contributed by atoms with Gasteiger partial charge in [0.15, 0.2) is 0 Å². The fourth-order valence-electron chi connectivity index (χ4n) is 2.79. The fraction of sp³-hybridized carbons (Fsp3) is 0.889. The first-order chi connectivity index (χ1) is 18.6. The minimum Gasteiger partial charge on any atom is -0.460 e. The van der Waals surface area contributed by atoms with Crippen molar-refractivity contribution in [3.8, 4) is 0 Å². The van der Waals surface area contributed by atoms with Crippen LogP contribution in [-0.4, -0.2) is 117 Å². The van der Waals surface area contributed by atoms with Crippen molar-refractivity contribution >= 4 is 13.6 Å². The molecule has 0 aromatic rings. The van der Waals surface area contributed by atoms with E-state index in [1.807, 2.05) is 27.7 Å². The molecular formula is C27H53O12P. The van der Waals surface area contributed by atoms with Gasteiger partial charge < -0.3 is 48.1 Å². The van der Waals surface area contributed by atoms with Crippen LogP contribution in [-0.2, 0) is 42.5 Å². The van der Waals surface area contributed by atoms with Gasteiger partial charge in [0.25, 0.3) is 0 Å². The minimum atomic E-state index is -4.20. The lowest BCUT2D eigenvalue weighted by Crippen LogP contribution is -2.37. The minimum absolute atomic E-state index is 0.0138. The molecule has 40 heavy (non-hydrogen) atoms. The highest BCUT2D eigenvalue weighted by Crippen LogP contribution is 2.33. The van der Waals surface area contributed by atoms with Crippen molar-refractivity contribution in [1.82, 2.24) is 0 Å². The molecule has 4 atom stereocenters. The lowest BCUT2D eigenvalue weighted by atomic mass is 10.1. The van der Waals surface area contributed by atoms with E-state index in [9.17, 15) is 14.5 Å². The Morgan fingerprint density at radius 2 is 1.40 bits per heavy atom. The van der Waals surface area contributed by atoms with E-state index < -0.39 is 44.1 Å². The van der Waals surface area contributed by atoms with Crippen molar-refractivity contribution in [2.75, 3.05) is 65.6 Å². The molecule has 4 unspecified atom stereocenters. The van der Waals surface area contributed by atoms with E-state index in [-0.39, 0.29) is 45.2 Å². The molecule has 0 spiro atoms. The first kappa shape index (κ1) is 39.1. The molecule has 12 nitrogen and oxygen atoms in total. The van der Waals surface area contributed by atoms with E-state index in [0.29, 0.717) is 32.2 Å². The highest BCUT2D eigenvalue weighted by Gasteiger charge is 2.22. The van der Waals surface area contributed by atoms with Gasteiger partial charge in [0, 0.05) is 12.7 Å². The van der Waals surface area contributed by atoms with Crippen LogP contribution >= 0.6 is 7.60 Å². The summed E-state index contributed by atoms with van der Waals surface area (Å²) in [7, 11) is -4.20. The van der Waals surface area contributed by atoms with E-state index in [1.165, 1.54) is 0 Å². The van der Waals surface area contributed by atoms with E-state index in [1.54, 1.807) is 0 Å². The van der Waals surface area contributed by atoms with Crippen LogP contribution in [0.2, 0.25) is 0 Å². The lowest BCUT2D eigenvalue weighted by Gasteiger charge is -2.27. The molecule has 0 aliphatic carbocycles. The predicted molar refractivity (Wildman–Crippen MR) is 150 cm³/mol. The normalized spacial score (nSPS) is 15.6. The third-order valence-corrected chi connectivity index (χ3v) is 6.05. The fourth-order valence-corrected chi connectivity index (χ4v) is 3.16. The Morgan fingerprint density at radius 3 is 1.90 bits per heavy atom. The van der Waals surface area contributed by atoms with Gasteiger partial charge in [-0.2, -0.15) is 0 Å². The zero-order valence-corrected chi connectivity index (χ0v) is 26.0. The summed E-state index contributed by atoms with van der Waals surface area (Å²) in [5.74, 6) is -0.102. The Bertz CT molecular complexity index is 706. The molecule has 0 heterocycles. The summed E-state index contributed by atoms with van der Waals surface area (Å²) < 4.78 is 51.1. The Hall–Kier alpha value is -0.920. The van der Waals surface area contributed by atoms with Crippen LogP contribution in [0, 0.1) is 5.92 Å². The maximum atomic E-state index is 11.7. The molecule has 13 heteroatoms. The van der Waals surface area contributed by atoms with Gasteiger partial charge in [-0.05, 0) is 39.5 Å². The molecule has 0 aromatic heterocycles. The van der Waals surface area contributed by atoms with Crippen LogP contribution in [0.3, 0.4) is 0 Å². The van der Waals surface area contributed by atoms with E-state index in [0.717, 1.165) is 12.5 Å². The average Bonchev–Trinajstić information content (AvgIpc) is 2.86. The summed E-state index contributed by atoms with van der Waals surface area (Å²) >= 11 is 0. The smallest absolute Gasteiger partial charge is 0.330 e. The zero-order chi connectivity index (χ0) is 30.6. The largest absolute Gasteiger partial charge is 0.460 e. The van der Waals surface area contributed by atoms with Gasteiger partial charge in [0.2, 0.25) is 0 Å². The summed E-state index contributed by atoms with van der Waals surface area (Å²) in [5.41, 5.74) is -0.373. The molecule has 0 aromatic carbocycles. The van der Waals surface area contributed by atoms with E-state index in [4.69, 9.17) is 42.9 Å². The molecule has 0 aliphatic rings. The number of carbonyl (C=O) groups excluding carboxylic acids is 1. The first-order valence-corrected chi connectivity index (χ1v) is 15.6. The third kappa shape index (κ3) is 24.8. The average molecular weight is 601 g/mol. The molecule has 0 aliphatic heterocycles.